The monoisotopic (exact) mass is 418 g/mol. The molecule has 0 aliphatic heterocycles. The molecule has 31 heavy (non-hydrogen) atoms. The van der Waals surface area contributed by atoms with E-state index in [9.17, 15) is 5.26 Å². The molecule has 0 saturated carbocycles. The van der Waals surface area contributed by atoms with Crippen molar-refractivity contribution in [2.75, 3.05) is 0 Å². The molecule has 0 heterocycles. The normalized spacial score (nSPS) is 11.5. The quantitative estimate of drug-likeness (QED) is 0.206. The summed E-state index contributed by atoms with van der Waals surface area (Å²) < 4.78 is 6.62. The van der Waals surface area contributed by atoms with Crippen LogP contribution in [0.25, 0.3) is 0 Å². The van der Waals surface area contributed by atoms with Gasteiger partial charge in [-0.05, 0) is 28.6 Å². The van der Waals surface area contributed by atoms with Gasteiger partial charge in [-0.25, -0.2) is 0 Å². The van der Waals surface area contributed by atoms with Gasteiger partial charge in [0.25, 0.3) is 0 Å². The molecule has 0 atom stereocenters. The number of rotatable bonds is 6. The lowest BCUT2D eigenvalue weighted by atomic mass is 10.1. The van der Waals surface area contributed by atoms with Crippen LogP contribution in [0.3, 0.4) is 0 Å². The standard InChI is InChI=1S/C27H22N2OSi/c1-22(27-20-12-11-13-23(27)21-28)29-30-31(24-14-5-2-6-15-24,25-16-7-3-8-17-25)26-18-9-4-10-19-26/h2-20H,1H3. The van der Waals surface area contributed by atoms with Gasteiger partial charge >= 0.3 is 8.32 Å². The minimum Gasteiger partial charge on any atom is -0.438 e. The van der Waals surface area contributed by atoms with Crippen LogP contribution < -0.4 is 15.6 Å². The third kappa shape index (κ3) is 4.05. The molecule has 0 N–H and O–H groups in total. The van der Waals surface area contributed by atoms with Crippen molar-refractivity contribution in [3.8, 4) is 6.07 Å². The Morgan fingerprint density at radius 3 is 1.55 bits per heavy atom. The topological polar surface area (TPSA) is 45.4 Å². The maximum absolute atomic E-state index is 9.49. The summed E-state index contributed by atoms with van der Waals surface area (Å²) in [5.74, 6) is 0. The molecule has 0 spiro atoms. The van der Waals surface area contributed by atoms with Gasteiger partial charge in [0.15, 0.2) is 0 Å². The Morgan fingerprint density at radius 1 is 0.677 bits per heavy atom. The van der Waals surface area contributed by atoms with Crippen molar-refractivity contribution in [3.05, 3.63) is 126 Å². The number of hydrogen-bond acceptors (Lipinski definition) is 3. The van der Waals surface area contributed by atoms with Crippen LogP contribution in [0.5, 0.6) is 0 Å². The Kier molecular flexibility index (Phi) is 6.07. The van der Waals surface area contributed by atoms with Crippen molar-refractivity contribution >= 4 is 29.6 Å². The fourth-order valence-electron chi connectivity index (χ4n) is 3.76. The van der Waals surface area contributed by atoms with Gasteiger partial charge in [0, 0.05) is 5.56 Å². The third-order valence-electron chi connectivity index (χ3n) is 5.30. The minimum absolute atomic E-state index is 0.582. The van der Waals surface area contributed by atoms with Gasteiger partial charge < -0.3 is 4.53 Å². The van der Waals surface area contributed by atoms with Gasteiger partial charge in [-0.1, -0.05) is 109 Å². The number of nitriles is 1. The first-order chi connectivity index (χ1) is 15.3. The minimum atomic E-state index is -2.92. The highest BCUT2D eigenvalue weighted by Gasteiger charge is 2.44. The third-order valence-corrected chi connectivity index (χ3v) is 9.10. The number of hydrogen-bond donors (Lipinski definition) is 0. The highest BCUT2D eigenvalue weighted by molar-refractivity contribution is 7.07. The number of oxime groups is 1. The van der Waals surface area contributed by atoms with E-state index in [2.05, 4.69) is 47.6 Å². The SMILES string of the molecule is CC(=NO[Si](c1ccccc1)(c1ccccc1)c1ccccc1)c1ccccc1C#N. The molecule has 3 nitrogen and oxygen atoms in total. The van der Waals surface area contributed by atoms with Crippen LogP contribution in [0.15, 0.2) is 120 Å². The summed E-state index contributed by atoms with van der Waals surface area (Å²) in [6.07, 6.45) is 0. The summed E-state index contributed by atoms with van der Waals surface area (Å²) in [5, 5.41) is 17.5. The Labute approximate surface area is 184 Å². The fraction of sp³-hybridized carbons (Fsp3) is 0.0370. The van der Waals surface area contributed by atoms with Crippen LogP contribution in [0.1, 0.15) is 18.1 Å². The van der Waals surface area contributed by atoms with E-state index in [-0.39, 0.29) is 0 Å². The van der Waals surface area contributed by atoms with E-state index < -0.39 is 8.32 Å². The largest absolute Gasteiger partial charge is 0.438 e. The predicted molar refractivity (Wildman–Crippen MR) is 128 cm³/mol. The summed E-state index contributed by atoms with van der Waals surface area (Å²) in [6, 6.07) is 40.6. The second-order valence-corrected chi connectivity index (χ2v) is 10.5. The zero-order valence-electron chi connectivity index (χ0n) is 17.3. The van der Waals surface area contributed by atoms with Crippen molar-refractivity contribution < 1.29 is 4.53 Å². The van der Waals surface area contributed by atoms with Crippen LogP contribution in [0, 0.1) is 11.3 Å². The molecule has 0 aliphatic carbocycles. The van der Waals surface area contributed by atoms with Crippen LogP contribution in [-0.4, -0.2) is 14.0 Å². The second kappa shape index (κ2) is 9.25. The molecule has 0 bridgehead atoms. The van der Waals surface area contributed by atoms with Gasteiger partial charge in [-0.2, -0.15) is 5.26 Å². The summed E-state index contributed by atoms with van der Waals surface area (Å²) in [6.45, 7) is 1.89. The van der Waals surface area contributed by atoms with Gasteiger partial charge in [0.05, 0.1) is 17.3 Å². The molecule has 4 aromatic carbocycles. The van der Waals surface area contributed by atoms with Crippen molar-refractivity contribution in [1.82, 2.24) is 0 Å². The van der Waals surface area contributed by atoms with E-state index in [0.717, 1.165) is 21.1 Å². The summed E-state index contributed by atoms with van der Waals surface area (Å²) in [5.41, 5.74) is 2.04. The zero-order valence-corrected chi connectivity index (χ0v) is 18.3. The first kappa shape index (κ1) is 20.3. The van der Waals surface area contributed by atoms with E-state index in [0.29, 0.717) is 11.3 Å². The molecule has 0 fully saturated rings. The Bertz CT molecular complexity index is 1120. The van der Waals surface area contributed by atoms with Gasteiger partial charge in [0.2, 0.25) is 0 Å². The average molecular weight is 419 g/mol. The highest BCUT2D eigenvalue weighted by Crippen LogP contribution is 2.13. The molecular weight excluding hydrogens is 396 g/mol. The lowest BCUT2D eigenvalue weighted by molar-refractivity contribution is 0.349. The Hall–Kier alpha value is -3.94. The van der Waals surface area contributed by atoms with Crippen molar-refractivity contribution in [3.63, 3.8) is 0 Å². The fourth-order valence-corrected chi connectivity index (χ4v) is 7.33. The molecule has 0 radical (unpaired) electrons. The van der Waals surface area contributed by atoms with Crippen LogP contribution in [0.4, 0.5) is 0 Å². The molecule has 0 saturated heterocycles. The van der Waals surface area contributed by atoms with Crippen molar-refractivity contribution in [1.29, 1.82) is 5.26 Å². The van der Waals surface area contributed by atoms with E-state index in [4.69, 9.17) is 4.53 Å². The van der Waals surface area contributed by atoms with Gasteiger partial charge in [0.1, 0.15) is 0 Å². The molecule has 4 heteroatoms. The second-order valence-electron chi connectivity index (χ2n) is 7.20. The first-order valence-corrected chi connectivity index (χ1v) is 12.1. The van der Waals surface area contributed by atoms with E-state index in [1.54, 1.807) is 6.07 Å². The average Bonchev–Trinajstić information content (AvgIpc) is 2.86. The van der Waals surface area contributed by atoms with E-state index >= 15 is 0 Å². The van der Waals surface area contributed by atoms with Crippen LogP contribution >= 0.6 is 0 Å². The zero-order chi connectivity index (χ0) is 21.5. The Balaban J connectivity index is 1.92. The predicted octanol–water partition coefficient (Wildman–Crippen LogP) is 3.97. The molecule has 4 aromatic rings. The van der Waals surface area contributed by atoms with E-state index in [1.807, 2.05) is 79.7 Å². The molecule has 0 aromatic heterocycles. The van der Waals surface area contributed by atoms with Crippen molar-refractivity contribution in [2.24, 2.45) is 5.16 Å². The van der Waals surface area contributed by atoms with Crippen LogP contribution in [0.2, 0.25) is 0 Å². The molecule has 4 rings (SSSR count). The van der Waals surface area contributed by atoms with Gasteiger partial charge in [-0.3, -0.25) is 0 Å². The number of benzene rings is 4. The molecular formula is C27H22N2OSi. The summed E-state index contributed by atoms with van der Waals surface area (Å²) in [4.78, 5) is 0. The molecule has 150 valence electrons. The summed E-state index contributed by atoms with van der Waals surface area (Å²) >= 11 is 0. The highest BCUT2D eigenvalue weighted by atomic mass is 28.4. The maximum atomic E-state index is 9.49. The number of nitrogens with zero attached hydrogens (tertiary/aromatic N) is 2. The molecule has 0 amide bonds. The lowest BCUT2D eigenvalue weighted by Crippen LogP contribution is -2.68. The first-order valence-electron chi connectivity index (χ1n) is 10.1. The van der Waals surface area contributed by atoms with E-state index in [1.165, 1.54) is 0 Å². The maximum Gasteiger partial charge on any atom is 0.380 e. The smallest absolute Gasteiger partial charge is 0.380 e. The molecule has 0 aliphatic rings. The summed E-state index contributed by atoms with van der Waals surface area (Å²) in [7, 11) is -2.92. The van der Waals surface area contributed by atoms with Crippen molar-refractivity contribution in [2.45, 2.75) is 6.92 Å². The lowest BCUT2D eigenvalue weighted by Gasteiger charge is -2.30. The molecule has 0 unspecified atom stereocenters. The van der Waals surface area contributed by atoms with Gasteiger partial charge in [-0.15, -0.1) is 5.16 Å². The Morgan fingerprint density at radius 2 is 1.10 bits per heavy atom. The van der Waals surface area contributed by atoms with Crippen LogP contribution in [-0.2, 0) is 4.53 Å².